The van der Waals surface area contributed by atoms with Gasteiger partial charge in [0.1, 0.15) is 0 Å². The normalized spacial score (nSPS) is 50.5. The van der Waals surface area contributed by atoms with Crippen LogP contribution in [0.25, 0.3) is 0 Å². The summed E-state index contributed by atoms with van der Waals surface area (Å²) < 4.78 is 5.20. The van der Waals surface area contributed by atoms with Crippen molar-refractivity contribution in [2.45, 2.75) is 66.2 Å². The number of aliphatic carboxylic acids is 1. The van der Waals surface area contributed by atoms with Crippen LogP contribution in [0.1, 0.15) is 66.2 Å². The molecule has 5 nitrogen and oxygen atoms in total. The zero-order valence-electron chi connectivity index (χ0n) is 17.9. The number of ether oxygens (including phenoxy) is 1. The Morgan fingerprint density at radius 1 is 1.14 bits per heavy atom. The number of rotatable bonds is 2. The van der Waals surface area contributed by atoms with E-state index in [4.69, 9.17) is 4.74 Å². The molecule has 5 aliphatic carbocycles. The van der Waals surface area contributed by atoms with Gasteiger partial charge in [-0.15, -0.1) is 0 Å². The Morgan fingerprint density at radius 2 is 1.86 bits per heavy atom. The van der Waals surface area contributed by atoms with Gasteiger partial charge in [0, 0.05) is 5.41 Å². The standard InChI is InChI=1S/C24H32O5/c1-12(2)14-11-24-9-6-15-22(3,7-5-8-23(15,4)21(27)28)16(24)10-13(14)17-18(24)20(26)29-19(17)25/h11-13,15-18H,5-10H2,1-4H3,(H,27,28)/t13-,15-,16-,17+,18+,22-,23+,24-/m0/s1. The molecule has 0 amide bonds. The zero-order chi connectivity index (χ0) is 20.9. The van der Waals surface area contributed by atoms with Crippen LogP contribution < -0.4 is 0 Å². The summed E-state index contributed by atoms with van der Waals surface area (Å²) in [4.78, 5) is 37.8. The maximum Gasteiger partial charge on any atom is 0.318 e. The van der Waals surface area contributed by atoms with Crippen molar-refractivity contribution < 1.29 is 24.2 Å². The molecule has 1 heterocycles. The van der Waals surface area contributed by atoms with E-state index in [0.29, 0.717) is 5.92 Å². The van der Waals surface area contributed by atoms with Crippen molar-refractivity contribution in [2.75, 3.05) is 0 Å². The summed E-state index contributed by atoms with van der Waals surface area (Å²) in [6.45, 7) is 8.56. The Labute approximate surface area is 172 Å². The fourth-order valence-electron chi connectivity index (χ4n) is 8.76. The van der Waals surface area contributed by atoms with E-state index in [1.165, 1.54) is 5.57 Å². The van der Waals surface area contributed by atoms with Crippen molar-refractivity contribution >= 4 is 17.9 Å². The van der Waals surface area contributed by atoms with Gasteiger partial charge in [-0.1, -0.05) is 38.8 Å². The number of cyclic esters (lactones) is 2. The van der Waals surface area contributed by atoms with Crippen molar-refractivity contribution in [3.8, 4) is 0 Å². The highest BCUT2D eigenvalue weighted by atomic mass is 16.6. The molecule has 0 radical (unpaired) electrons. The second kappa shape index (κ2) is 5.73. The maximum absolute atomic E-state index is 12.9. The lowest BCUT2D eigenvalue weighted by Crippen LogP contribution is -2.65. The molecular formula is C24H32O5. The Hall–Kier alpha value is -1.65. The first kappa shape index (κ1) is 19.3. The van der Waals surface area contributed by atoms with E-state index < -0.39 is 11.4 Å². The van der Waals surface area contributed by atoms with Gasteiger partial charge in [0.2, 0.25) is 0 Å². The van der Waals surface area contributed by atoms with Crippen LogP contribution in [0.15, 0.2) is 11.6 Å². The first-order valence-corrected chi connectivity index (χ1v) is 11.3. The van der Waals surface area contributed by atoms with E-state index in [1.807, 2.05) is 6.92 Å². The molecule has 0 aromatic heterocycles. The van der Waals surface area contributed by atoms with E-state index in [-0.39, 0.29) is 52.4 Å². The Bertz CT molecular complexity index is 842. The third kappa shape index (κ3) is 2.14. The molecule has 1 saturated heterocycles. The summed E-state index contributed by atoms with van der Waals surface area (Å²) in [6.07, 6.45) is 7.48. The van der Waals surface area contributed by atoms with Gasteiger partial charge < -0.3 is 9.84 Å². The molecule has 8 atom stereocenters. The molecule has 158 valence electrons. The van der Waals surface area contributed by atoms with Crippen molar-refractivity contribution in [2.24, 2.45) is 51.8 Å². The minimum atomic E-state index is -0.707. The lowest BCUT2D eigenvalue weighted by Gasteiger charge is -2.68. The molecule has 0 unspecified atom stereocenters. The smallest absolute Gasteiger partial charge is 0.318 e. The number of fused-ring (bicyclic) bond motifs is 1. The summed E-state index contributed by atoms with van der Waals surface area (Å²) in [5.41, 5.74) is 0.122. The molecule has 29 heavy (non-hydrogen) atoms. The summed E-state index contributed by atoms with van der Waals surface area (Å²) in [7, 11) is 0. The van der Waals surface area contributed by atoms with Crippen LogP contribution in [0.3, 0.4) is 0 Å². The molecule has 1 spiro atoms. The van der Waals surface area contributed by atoms with Crippen LogP contribution in [0.4, 0.5) is 0 Å². The summed E-state index contributed by atoms with van der Waals surface area (Å²) in [6, 6.07) is 0. The van der Waals surface area contributed by atoms with E-state index in [2.05, 4.69) is 26.8 Å². The first-order chi connectivity index (χ1) is 13.6. The lowest BCUT2D eigenvalue weighted by molar-refractivity contribution is -0.195. The Morgan fingerprint density at radius 3 is 2.52 bits per heavy atom. The number of carboxylic acids is 1. The van der Waals surface area contributed by atoms with Crippen molar-refractivity contribution in [3.05, 3.63) is 11.6 Å². The molecule has 3 saturated carbocycles. The Kier molecular flexibility index (Phi) is 3.82. The SMILES string of the molecule is CC(C)C1=C[C@@]23CC[C@H]4[C@](C)(CCC[C@@]4(C)C(=O)O)[C@@H]2C[C@@H]1[C@H]1C(=O)OC(=O)[C@@H]13. The fourth-order valence-corrected chi connectivity index (χ4v) is 8.76. The van der Waals surface area contributed by atoms with Crippen LogP contribution in [-0.4, -0.2) is 23.0 Å². The van der Waals surface area contributed by atoms with E-state index in [0.717, 1.165) is 38.5 Å². The molecule has 1 N–H and O–H groups in total. The van der Waals surface area contributed by atoms with E-state index in [9.17, 15) is 19.5 Å². The van der Waals surface area contributed by atoms with E-state index in [1.54, 1.807) is 0 Å². The summed E-state index contributed by atoms with van der Waals surface area (Å²) in [5.74, 6) is -1.33. The molecule has 0 aromatic rings. The molecule has 6 rings (SSSR count). The Balaban J connectivity index is 1.67. The number of carboxylic acid groups (broad SMARTS) is 1. The highest BCUT2D eigenvalue weighted by molar-refractivity contribution is 5.98. The predicted octanol–water partition coefficient (Wildman–Crippen LogP) is 4.21. The van der Waals surface area contributed by atoms with Crippen LogP contribution >= 0.6 is 0 Å². The van der Waals surface area contributed by atoms with Crippen LogP contribution in [0.2, 0.25) is 0 Å². The number of hydrogen-bond donors (Lipinski definition) is 1. The number of carbonyl (C=O) groups is 3. The van der Waals surface area contributed by atoms with Gasteiger partial charge in [0.25, 0.3) is 0 Å². The molecule has 0 aromatic carbocycles. The van der Waals surface area contributed by atoms with Crippen LogP contribution in [0, 0.1) is 51.8 Å². The van der Waals surface area contributed by atoms with Gasteiger partial charge in [-0.3, -0.25) is 14.4 Å². The second-order valence-corrected chi connectivity index (χ2v) is 11.2. The highest BCUT2D eigenvalue weighted by Gasteiger charge is 2.73. The molecule has 1 aliphatic heterocycles. The summed E-state index contributed by atoms with van der Waals surface area (Å²) >= 11 is 0. The molecule has 2 bridgehead atoms. The van der Waals surface area contributed by atoms with Crippen LogP contribution in [-0.2, 0) is 19.1 Å². The van der Waals surface area contributed by atoms with Crippen LogP contribution in [0.5, 0.6) is 0 Å². The van der Waals surface area contributed by atoms with Gasteiger partial charge in [0.05, 0.1) is 17.3 Å². The quantitative estimate of drug-likeness (QED) is 0.427. The number of carbonyl (C=O) groups excluding carboxylic acids is 2. The average Bonchev–Trinajstić information content (AvgIpc) is 2.97. The van der Waals surface area contributed by atoms with Gasteiger partial charge in [-0.2, -0.15) is 0 Å². The first-order valence-electron chi connectivity index (χ1n) is 11.3. The maximum atomic E-state index is 12.9. The van der Waals surface area contributed by atoms with Gasteiger partial charge >= 0.3 is 17.9 Å². The number of esters is 2. The highest BCUT2D eigenvalue weighted by Crippen LogP contribution is 2.74. The lowest BCUT2D eigenvalue weighted by atomic mass is 9.34. The zero-order valence-corrected chi connectivity index (χ0v) is 17.9. The van der Waals surface area contributed by atoms with Gasteiger partial charge in [-0.25, -0.2) is 0 Å². The fraction of sp³-hybridized carbons (Fsp3) is 0.792. The average molecular weight is 401 g/mol. The van der Waals surface area contributed by atoms with Gasteiger partial charge in [-0.05, 0) is 68.1 Å². The van der Waals surface area contributed by atoms with Crippen molar-refractivity contribution in [1.29, 1.82) is 0 Å². The molecule has 4 fully saturated rings. The van der Waals surface area contributed by atoms with Crippen molar-refractivity contribution in [1.82, 2.24) is 0 Å². The third-order valence-electron chi connectivity index (χ3n) is 9.89. The molecular weight excluding hydrogens is 368 g/mol. The predicted molar refractivity (Wildman–Crippen MR) is 105 cm³/mol. The largest absolute Gasteiger partial charge is 0.481 e. The third-order valence-corrected chi connectivity index (χ3v) is 9.89. The summed E-state index contributed by atoms with van der Waals surface area (Å²) in [5, 5.41) is 10.1. The minimum Gasteiger partial charge on any atom is -0.481 e. The van der Waals surface area contributed by atoms with Crippen molar-refractivity contribution in [3.63, 3.8) is 0 Å². The molecule has 5 heteroatoms. The minimum absolute atomic E-state index is 0.0550. The number of allylic oxidation sites excluding steroid dienone is 2. The number of hydrogen-bond acceptors (Lipinski definition) is 4. The second-order valence-electron chi connectivity index (χ2n) is 11.2. The topological polar surface area (TPSA) is 80.7 Å². The van der Waals surface area contributed by atoms with E-state index >= 15 is 0 Å². The monoisotopic (exact) mass is 400 g/mol. The van der Waals surface area contributed by atoms with Gasteiger partial charge in [0.15, 0.2) is 0 Å². The molecule has 6 aliphatic rings.